The summed E-state index contributed by atoms with van der Waals surface area (Å²) in [6.45, 7) is 1.60. The van der Waals surface area contributed by atoms with E-state index >= 15 is 0 Å². The van der Waals surface area contributed by atoms with E-state index in [2.05, 4.69) is 0 Å². The highest BCUT2D eigenvalue weighted by Crippen LogP contribution is 2.23. The minimum absolute atomic E-state index is 0.0468. The summed E-state index contributed by atoms with van der Waals surface area (Å²) in [4.78, 5) is 10.7. The fourth-order valence-electron chi connectivity index (χ4n) is 1.31. The van der Waals surface area contributed by atoms with E-state index in [1.54, 1.807) is 6.92 Å². The zero-order valence-corrected chi connectivity index (χ0v) is 9.46. The number of carboxylic acids is 1. The lowest BCUT2D eigenvalue weighted by atomic mass is 10.1. The Bertz CT molecular complexity index is 444. The normalized spacial score (nSPS) is 11.4. The van der Waals surface area contributed by atoms with Crippen LogP contribution in [0.25, 0.3) is 6.08 Å². The molecule has 5 heteroatoms. The minimum Gasteiger partial charge on any atom is -0.497 e. The molecular formula is C12H12F2O3. The summed E-state index contributed by atoms with van der Waals surface area (Å²) in [6, 6.07) is 2.01. The highest BCUT2D eigenvalue weighted by atomic mass is 19.1. The number of carboxylic acid groups (broad SMARTS) is 1. The summed E-state index contributed by atoms with van der Waals surface area (Å²) in [6.07, 6.45) is 1.17. The van der Waals surface area contributed by atoms with Crippen molar-refractivity contribution in [3.63, 3.8) is 0 Å². The smallest absolute Gasteiger partial charge is 0.331 e. The van der Waals surface area contributed by atoms with Gasteiger partial charge < -0.3 is 9.84 Å². The molecule has 17 heavy (non-hydrogen) atoms. The molecule has 1 aromatic carbocycles. The van der Waals surface area contributed by atoms with Crippen LogP contribution in [0.1, 0.15) is 18.9 Å². The lowest BCUT2D eigenvalue weighted by molar-refractivity contribution is -0.132. The van der Waals surface area contributed by atoms with E-state index in [-0.39, 0.29) is 23.3 Å². The third kappa shape index (κ3) is 3.03. The molecule has 0 atom stereocenters. The molecule has 1 aromatic rings. The van der Waals surface area contributed by atoms with Crippen molar-refractivity contribution in [2.75, 3.05) is 7.11 Å². The van der Waals surface area contributed by atoms with E-state index < -0.39 is 17.6 Å². The standard InChI is InChI=1S/C12H12F2O3/c1-3-7(12(15)16)4-9-10(13)5-8(17-2)6-11(9)14/h4-6H,3H2,1-2H3,(H,15,16). The van der Waals surface area contributed by atoms with Crippen molar-refractivity contribution >= 4 is 12.0 Å². The van der Waals surface area contributed by atoms with Crippen molar-refractivity contribution < 1.29 is 23.4 Å². The van der Waals surface area contributed by atoms with Gasteiger partial charge in [-0.15, -0.1) is 0 Å². The molecule has 0 spiro atoms. The Balaban J connectivity index is 3.28. The lowest BCUT2D eigenvalue weighted by Crippen LogP contribution is -2.00. The van der Waals surface area contributed by atoms with Gasteiger partial charge in [0.2, 0.25) is 0 Å². The van der Waals surface area contributed by atoms with Gasteiger partial charge in [0.25, 0.3) is 0 Å². The number of rotatable bonds is 4. The number of benzene rings is 1. The second-order valence-electron chi connectivity index (χ2n) is 3.33. The van der Waals surface area contributed by atoms with E-state index in [9.17, 15) is 13.6 Å². The highest BCUT2D eigenvalue weighted by molar-refractivity contribution is 5.92. The SMILES string of the molecule is CCC(=Cc1c(F)cc(OC)cc1F)C(=O)O. The molecule has 92 valence electrons. The van der Waals surface area contributed by atoms with Crippen molar-refractivity contribution in [2.24, 2.45) is 0 Å². The van der Waals surface area contributed by atoms with Gasteiger partial charge in [-0.1, -0.05) is 6.92 Å². The largest absolute Gasteiger partial charge is 0.497 e. The van der Waals surface area contributed by atoms with Crippen LogP contribution in [-0.2, 0) is 4.79 Å². The second-order valence-corrected chi connectivity index (χ2v) is 3.33. The molecule has 0 aliphatic carbocycles. The molecule has 0 aliphatic rings. The molecule has 0 unspecified atom stereocenters. The molecule has 0 saturated heterocycles. The van der Waals surface area contributed by atoms with Crippen LogP contribution in [-0.4, -0.2) is 18.2 Å². The van der Waals surface area contributed by atoms with E-state index in [0.29, 0.717) is 0 Å². The van der Waals surface area contributed by atoms with E-state index in [0.717, 1.165) is 18.2 Å². The molecule has 0 saturated carbocycles. The van der Waals surface area contributed by atoms with E-state index in [1.165, 1.54) is 7.11 Å². The van der Waals surface area contributed by atoms with Crippen molar-refractivity contribution in [2.45, 2.75) is 13.3 Å². The van der Waals surface area contributed by atoms with Gasteiger partial charge in [-0.25, -0.2) is 13.6 Å². The molecule has 1 N–H and O–H groups in total. The third-order valence-electron chi connectivity index (χ3n) is 2.26. The molecule has 0 amide bonds. The molecule has 0 fully saturated rings. The maximum atomic E-state index is 13.5. The summed E-state index contributed by atoms with van der Waals surface area (Å²) >= 11 is 0. The van der Waals surface area contributed by atoms with Crippen molar-refractivity contribution in [1.29, 1.82) is 0 Å². The fourth-order valence-corrected chi connectivity index (χ4v) is 1.31. The molecular weight excluding hydrogens is 230 g/mol. The van der Waals surface area contributed by atoms with Gasteiger partial charge >= 0.3 is 5.97 Å². The quantitative estimate of drug-likeness (QED) is 0.826. The zero-order chi connectivity index (χ0) is 13.0. The maximum Gasteiger partial charge on any atom is 0.331 e. The van der Waals surface area contributed by atoms with E-state index in [4.69, 9.17) is 9.84 Å². The van der Waals surface area contributed by atoms with E-state index in [1.807, 2.05) is 0 Å². The van der Waals surface area contributed by atoms with Gasteiger partial charge in [0.1, 0.15) is 17.4 Å². The predicted molar refractivity (Wildman–Crippen MR) is 58.8 cm³/mol. The van der Waals surface area contributed by atoms with Crippen LogP contribution in [0, 0.1) is 11.6 Å². The average molecular weight is 242 g/mol. The number of carbonyl (C=O) groups is 1. The van der Waals surface area contributed by atoms with Crippen LogP contribution < -0.4 is 4.74 Å². The van der Waals surface area contributed by atoms with Gasteiger partial charge in [-0.2, -0.15) is 0 Å². The monoisotopic (exact) mass is 242 g/mol. The first-order valence-corrected chi connectivity index (χ1v) is 4.96. The van der Waals surface area contributed by atoms with Crippen LogP contribution in [0.15, 0.2) is 17.7 Å². The molecule has 0 aromatic heterocycles. The minimum atomic E-state index is -1.19. The topological polar surface area (TPSA) is 46.5 Å². The predicted octanol–water partition coefficient (Wildman–Crippen LogP) is 2.85. The Labute approximate surface area is 97.3 Å². The average Bonchev–Trinajstić information content (AvgIpc) is 2.27. The van der Waals surface area contributed by atoms with Gasteiger partial charge in [0.15, 0.2) is 0 Å². The van der Waals surface area contributed by atoms with Crippen LogP contribution in [0.4, 0.5) is 8.78 Å². The number of methoxy groups -OCH3 is 1. The summed E-state index contributed by atoms with van der Waals surface area (Å²) in [7, 11) is 1.29. The van der Waals surface area contributed by atoms with Crippen LogP contribution in [0.3, 0.4) is 0 Å². The Morgan fingerprint density at radius 2 is 1.94 bits per heavy atom. The van der Waals surface area contributed by atoms with Gasteiger partial charge in [0.05, 0.1) is 7.11 Å². The Morgan fingerprint density at radius 1 is 1.41 bits per heavy atom. The Kier molecular flexibility index (Phi) is 4.20. The van der Waals surface area contributed by atoms with Crippen LogP contribution in [0.2, 0.25) is 0 Å². The van der Waals surface area contributed by atoms with Gasteiger partial charge in [-0.3, -0.25) is 0 Å². The Morgan fingerprint density at radius 3 is 2.29 bits per heavy atom. The van der Waals surface area contributed by atoms with Gasteiger partial charge in [-0.05, 0) is 12.5 Å². The highest BCUT2D eigenvalue weighted by Gasteiger charge is 2.12. The number of hydrogen-bond acceptors (Lipinski definition) is 2. The fraction of sp³-hybridized carbons (Fsp3) is 0.250. The molecule has 0 heterocycles. The summed E-state index contributed by atoms with van der Waals surface area (Å²) in [5.74, 6) is -2.85. The number of halogens is 2. The first-order valence-electron chi connectivity index (χ1n) is 4.96. The van der Waals surface area contributed by atoms with Crippen molar-refractivity contribution in [3.8, 4) is 5.75 Å². The third-order valence-corrected chi connectivity index (χ3v) is 2.26. The summed E-state index contributed by atoms with van der Waals surface area (Å²) in [5, 5.41) is 8.78. The molecule has 1 rings (SSSR count). The number of hydrogen-bond donors (Lipinski definition) is 1. The second kappa shape index (κ2) is 5.43. The first-order chi connectivity index (χ1) is 7.99. The summed E-state index contributed by atoms with van der Waals surface area (Å²) < 4.78 is 31.7. The lowest BCUT2D eigenvalue weighted by Gasteiger charge is -2.05. The van der Waals surface area contributed by atoms with Crippen molar-refractivity contribution in [1.82, 2.24) is 0 Å². The maximum absolute atomic E-state index is 13.5. The van der Waals surface area contributed by atoms with Gasteiger partial charge in [0, 0.05) is 23.3 Å². The molecule has 0 radical (unpaired) electrons. The van der Waals surface area contributed by atoms with Crippen molar-refractivity contribution in [3.05, 3.63) is 34.9 Å². The molecule has 3 nitrogen and oxygen atoms in total. The number of ether oxygens (including phenoxy) is 1. The first kappa shape index (κ1) is 13.2. The zero-order valence-electron chi connectivity index (χ0n) is 9.46. The Hall–Kier alpha value is -1.91. The van der Waals surface area contributed by atoms with Crippen LogP contribution >= 0.6 is 0 Å². The van der Waals surface area contributed by atoms with Crippen LogP contribution in [0.5, 0.6) is 5.75 Å². The number of aliphatic carboxylic acids is 1. The summed E-state index contributed by atoms with van der Waals surface area (Å²) in [5.41, 5.74) is -0.432. The molecule has 0 aliphatic heterocycles. The molecule has 0 bridgehead atoms.